The molecule has 144 valence electrons. The van der Waals surface area contributed by atoms with E-state index in [4.69, 9.17) is 18.9 Å². The zero-order chi connectivity index (χ0) is 18.8. The average Bonchev–Trinajstić information content (AvgIpc) is 3.16. The van der Waals surface area contributed by atoms with Crippen molar-refractivity contribution >= 4 is 0 Å². The Balaban J connectivity index is 1.86. The van der Waals surface area contributed by atoms with Gasteiger partial charge in [-0.05, 0) is 38.1 Å². The van der Waals surface area contributed by atoms with E-state index in [9.17, 15) is 5.11 Å². The van der Waals surface area contributed by atoms with Gasteiger partial charge >= 0.3 is 0 Å². The molecular weight excluding hydrogens is 346 g/mol. The second-order valence-corrected chi connectivity index (χ2v) is 6.85. The van der Waals surface area contributed by atoms with Gasteiger partial charge in [-0.15, -0.1) is 0 Å². The van der Waals surface area contributed by atoms with Crippen molar-refractivity contribution in [3.05, 3.63) is 41.5 Å². The van der Waals surface area contributed by atoms with Crippen LogP contribution in [0.15, 0.2) is 30.3 Å². The number of rotatable bonds is 5. The van der Waals surface area contributed by atoms with Crippen LogP contribution >= 0.6 is 0 Å². The molecule has 0 spiro atoms. The first kappa shape index (κ1) is 17.8. The van der Waals surface area contributed by atoms with Crippen LogP contribution < -0.4 is 18.9 Å². The Hall–Kier alpha value is -2.60. The lowest BCUT2D eigenvalue weighted by atomic mass is 9.93. The monoisotopic (exact) mass is 371 g/mol. The molecule has 2 heterocycles. The first-order valence-electron chi connectivity index (χ1n) is 9.30. The predicted molar refractivity (Wildman–Crippen MR) is 101 cm³/mol. The fraction of sp³-hybridized carbons (Fsp3) is 0.429. The number of nitrogens with zero attached hydrogens (tertiary/aromatic N) is 1. The molecule has 0 saturated carbocycles. The molecule has 4 rings (SSSR count). The summed E-state index contributed by atoms with van der Waals surface area (Å²) in [5.74, 6) is 2.79. The number of phenols is 1. The molecule has 6 heteroatoms. The van der Waals surface area contributed by atoms with Crippen molar-refractivity contribution in [2.75, 3.05) is 34.1 Å². The number of hydrogen-bond acceptors (Lipinski definition) is 6. The number of methoxy groups -OCH3 is 2. The number of fused-ring (bicyclic) bond motifs is 1. The van der Waals surface area contributed by atoms with E-state index in [-0.39, 0.29) is 18.6 Å². The van der Waals surface area contributed by atoms with E-state index in [0.29, 0.717) is 23.0 Å². The van der Waals surface area contributed by atoms with Crippen molar-refractivity contribution in [1.29, 1.82) is 0 Å². The Morgan fingerprint density at radius 1 is 0.963 bits per heavy atom. The molecule has 2 aliphatic rings. The summed E-state index contributed by atoms with van der Waals surface area (Å²) in [7, 11) is 3.28. The van der Waals surface area contributed by atoms with Crippen molar-refractivity contribution in [2.45, 2.75) is 25.3 Å². The maximum atomic E-state index is 10.8. The minimum Gasteiger partial charge on any atom is -0.507 e. The van der Waals surface area contributed by atoms with Crippen molar-refractivity contribution < 1.29 is 24.1 Å². The van der Waals surface area contributed by atoms with E-state index in [1.807, 2.05) is 24.3 Å². The highest BCUT2D eigenvalue weighted by Crippen LogP contribution is 2.47. The Bertz CT molecular complexity index is 816. The predicted octanol–water partition coefficient (Wildman–Crippen LogP) is 3.71. The molecule has 1 saturated heterocycles. The van der Waals surface area contributed by atoms with Gasteiger partial charge < -0.3 is 24.1 Å². The standard InChI is InChI=1S/C21H25NO5/c1-24-17-8-6-7-14(21(17)25-2)20(22-9-4-3-5-10-22)15-11-18-19(12-16(15)23)27-13-26-18/h6-8,11-12,20,23H,3-5,9-10,13H2,1-2H3. The highest BCUT2D eigenvalue weighted by atomic mass is 16.7. The Kier molecular flexibility index (Phi) is 4.99. The molecule has 6 nitrogen and oxygen atoms in total. The molecule has 0 aliphatic carbocycles. The van der Waals surface area contributed by atoms with Crippen LogP contribution in [0, 0.1) is 0 Å². The second kappa shape index (κ2) is 7.56. The SMILES string of the molecule is COc1cccc(C(c2cc3c(cc2O)OCO3)N2CCCCC2)c1OC. The van der Waals surface area contributed by atoms with Crippen LogP contribution in [0.1, 0.15) is 36.4 Å². The Morgan fingerprint density at radius 2 is 1.70 bits per heavy atom. The molecule has 2 aromatic rings. The van der Waals surface area contributed by atoms with E-state index in [1.54, 1.807) is 20.3 Å². The van der Waals surface area contributed by atoms with E-state index in [2.05, 4.69) is 4.90 Å². The summed E-state index contributed by atoms with van der Waals surface area (Å²) in [6, 6.07) is 9.24. The zero-order valence-corrected chi connectivity index (χ0v) is 15.7. The summed E-state index contributed by atoms with van der Waals surface area (Å²) in [4.78, 5) is 2.39. The molecule has 2 aliphatic heterocycles. The number of aromatic hydroxyl groups is 1. The normalized spacial score (nSPS) is 17.6. The van der Waals surface area contributed by atoms with Crippen LogP contribution in [0.4, 0.5) is 0 Å². The quantitative estimate of drug-likeness (QED) is 0.865. The lowest BCUT2D eigenvalue weighted by Gasteiger charge is -2.36. The van der Waals surface area contributed by atoms with Crippen LogP contribution in [0.3, 0.4) is 0 Å². The first-order valence-corrected chi connectivity index (χ1v) is 9.30. The van der Waals surface area contributed by atoms with Gasteiger partial charge in [0.2, 0.25) is 6.79 Å². The summed E-state index contributed by atoms with van der Waals surface area (Å²) in [6.07, 6.45) is 3.49. The maximum Gasteiger partial charge on any atom is 0.231 e. The molecule has 0 aromatic heterocycles. The van der Waals surface area contributed by atoms with Gasteiger partial charge in [0.1, 0.15) is 5.75 Å². The van der Waals surface area contributed by atoms with Crippen LogP contribution in [0.25, 0.3) is 0 Å². The molecule has 0 radical (unpaired) electrons. The van der Waals surface area contributed by atoms with Gasteiger partial charge in [-0.25, -0.2) is 0 Å². The van der Waals surface area contributed by atoms with Gasteiger partial charge in [-0.3, -0.25) is 4.90 Å². The summed E-state index contributed by atoms with van der Waals surface area (Å²) in [6.45, 7) is 2.09. The van der Waals surface area contributed by atoms with Crippen molar-refractivity contribution in [1.82, 2.24) is 4.90 Å². The Morgan fingerprint density at radius 3 is 2.41 bits per heavy atom. The fourth-order valence-corrected chi connectivity index (χ4v) is 4.03. The van der Waals surface area contributed by atoms with Crippen LogP contribution in [-0.4, -0.2) is 44.1 Å². The number of phenolic OH excluding ortho intramolecular Hbond substituents is 1. The summed E-state index contributed by atoms with van der Waals surface area (Å²) >= 11 is 0. The minimum atomic E-state index is -0.162. The third-order valence-electron chi connectivity index (χ3n) is 5.30. The summed E-state index contributed by atoms with van der Waals surface area (Å²) in [5.41, 5.74) is 1.75. The van der Waals surface area contributed by atoms with Crippen LogP contribution in [-0.2, 0) is 0 Å². The molecule has 0 amide bonds. The van der Waals surface area contributed by atoms with E-state index in [1.165, 1.54) is 6.42 Å². The van der Waals surface area contributed by atoms with Gasteiger partial charge in [-0.1, -0.05) is 18.6 Å². The van der Waals surface area contributed by atoms with Crippen molar-refractivity contribution in [3.8, 4) is 28.7 Å². The molecule has 1 fully saturated rings. The van der Waals surface area contributed by atoms with Crippen molar-refractivity contribution in [2.24, 2.45) is 0 Å². The largest absolute Gasteiger partial charge is 0.507 e. The second-order valence-electron chi connectivity index (χ2n) is 6.85. The molecule has 0 bridgehead atoms. The van der Waals surface area contributed by atoms with Gasteiger partial charge in [0.05, 0.1) is 20.3 Å². The number of piperidine rings is 1. The highest BCUT2D eigenvalue weighted by Gasteiger charge is 2.31. The summed E-state index contributed by atoms with van der Waals surface area (Å²) < 4.78 is 22.2. The molecule has 1 N–H and O–H groups in total. The fourth-order valence-electron chi connectivity index (χ4n) is 4.03. The number of ether oxygens (including phenoxy) is 4. The lowest BCUT2D eigenvalue weighted by molar-refractivity contribution is 0.173. The average molecular weight is 371 g/mol. The highest BCUT2D eigenvalue weighted by molar-refractivity contribution is 5.57. The van der Waals surface area contributed by atoms with Gasteiger partial charge in [-0.2, -0.15) is 0 Å². The van der Waals surface area contributed by atoms with Crippen LogP contribution in [0.5, 0.6) is 28.7 Å². The number of likely N-dealkylation sites (tertiary alicyclic amines) is 1. The maximum absolute atomic E-state index is 10.8. The first-order chi connectivity index (χ1) is 13.2. The van der Waals surface area contributed by atoms with Crippen LogP contribution in [0.2, 0.25) is 0 Å². The number of benzene rings is 2. The van der Waals surface area contributed by atoms with Gasteiger partial charge in [0.25, 0.3) is 0 Å². The topological polar surface area (TPSA) is 60.4 Å². The van der Waals surface area contributed by atoms with E-state index in [0.717, 1.165) is 37.1 Å². The molecule has 1 unspecified atom stereocenters. The molecule has 1 atom stereocenters. The minimum absolute atomic E-state index is 0.162. The molecule has 2 aromatic carbocycles. The van der Waals surface area contributed by atoms with Gasteiger partial charge in [0, 0.05) is 17.2 Å². The summed E-state index contributed by atoms with van der Waals surface area (Å²) in [5, 5.41) is 10.8. The smallest absolute Gasteiger partial charge is 0.231 e. The molecule has 27 heavy (non-hydrogen) atoms. The van der Waals surface area contributed by atoms with Gasteiger partial charge in [0.15, 0.2) is 23.0 Å². The van der Waals surface area contributed by atoms with E-state index >= 15 is 0 Å². The molecular formula is C21H25NO5. The number of hydrogen-bond donors (Lipinski definition) is 1. The third-order valence-corrected chi connectivity index (χ3v) is 5.30. The lowest BCUT2D eigenvalue weighted by Crippen LogP contribution is -2.34. The van der Waals surface area contributed by atoms with Crippen molar-refractivity contribution in [3.63, 3.8) is 0 Å². The number of para-hydroxylation sites is 1. The Labute approximate surface area is 159 Å². The zero-order valence-electron chi connectivity index (χ0n) is 15.7. The third kappa shape index (κ3) is 3.25. The van der Waals surface area contributed by atoms with E-state index < -0.39 is 0 Å².